The van der Waals surface area contributed by atoms with E-state index >= 15 is 0 Å². The maximum atomic E-state index is 5.61. The van der Waals surface area contributed by atoms with Crippen LogP contribution in [0.1, 0.15) is 5.56 Å². The number of nitrogens with zero attached hydrogens (tertiary/aromatic N) is 3. The van der Waals surface area contributed by atoms with E-state index in [9.17, 15) is 0 Å². The van der Waals surface area contributed by atoms with Gasteiger partial charge in [0, 0.05) is 12.1 Å². The Kier molecular flexibility index (Phi) is 2.68. The van der Waals surface area contributed by atoms with Crippen LogP contribution in [0.15, 0.2) is 23.0 Å². The largest absolute Gasteiger partial charge is 0.472 e. The first kappa shape index (κ1) is 9.72. The third-order valence-corrected chi connectivity index (χ3v) is 1.83. The lowest BCUT2D eigenvalue weighted by molar-refractivity contribution is 0.564. The van der Waals surface area contributed by atoms with Crippen molar-refractivity contribution in [1.82, 2.24) is 15.0 Å². The van der Waals surface area contributed by atoms with Crippen LogP contribution in [0.4, 0.5) is 11.9 Å². The Hall–Kier alpha value is -1.82. The van der Waals surface area contributed by atoms with Crippen LogP contribution in [-0.2, 0) is 6.54 Å². The molecule has 0 saturated heterocycles. The molecule has 0 aromatic carbocycles. The predicted molar refractivity (Wildman–Crippen MR) is 55.3 cm³/mol. The lowest BCUT2D eigenvalue weighted by Gasteiger charge is -2.02. The third-order valence-electron chi connectivity index (χ3n) is 1.66. The van der Waals surface area contributed by atoms with Crippen LogP contribution in [0.2, 0.25) is 5.28 Å². The Morgan fingerprint density at radius 1 is 1.40 bits per heavy atom. The summed E-state index contributed by atoms with van der Waals surface area (Å²) < 4.78 is 4.91. The second-order valence-corrected chi connectivity index (χ2v) is 3.11. The van der Waals surface area contributed by atoms with E-state index in [1.54, 1.807) is 12.5 Å². The molecule has 2 heterocycles. The lowest BCUT2D eigenvalue weighted by Crippen LogP contribution is -2.06. The highest BCUT2D eigenvalue weighted by Gasteiger charge is 2.02. The fourth-order valence-corrected chi connectivity index (χ4v) is 1.19. The monoisotopic (exact) mass is 225 g/mol. The Morgan fingerprint density at radius 3 is 2.93 bits per heavy atom. The van der Waals surface area contributed by atoms with Gasteiger partial charge in [-0.1, -0.05) is 0 Å². The van der Waals surface area contributed by atoms with E-state index in [-0.39, 0.29) is 11.2 Å². The summed E-state index contributed by atoms with van der Waals surface area (Å²) in [6, 6.07) is 1.83. The number of anilines is 2. The highest BCUT2D eigenvalue weighted by Crippen LogP contribution is 2.08. The Bertz CT molecular complexity index is 424. The summed E-state index contributed by atoms with van der Waals surface area (Å²) in [5, 5.41) is 3.01. The molecule has 0 aliphatic carbocycles. The van der Waals surface area contributed by atoms with Crippen molar-refractivity contribution in [3.8, 4) is 0 Å². The molecule has 0 unspecified atom stereocenters. The second-order valence-electron chi connectivity index (χ2n) is 2.77. The SMILES string of the molecule is Nc1nc(Cl)nc(NCc2ccoc2)n1. The summed E-state index contributed by atoms with van der Waals surface area (Å²) >= 11 is 5.61. The molecule has 0 aliphatic rings. The maximum Gasteiger partial charge on any atom is 0.229 e. The molecular formula is C8H8ClN5O. The predicted octanol–water partition coefficient (Wildman–Crippen LogP) is 1.31. The van der Waals surface area contributed by atoms with E-state index < -0.39 is 0 Å². The van der Waals surface area contributed by atoms with Gasteiger partial charge in [-0.3, -0.25) is 0 Å². The molecule has 0 saturated carbocycles. The first-order valence-electron chi connectivity index (χ1n) is 4.16. The number of nitrogen functional groups attached to an aromatic ring is 1. The summed E-state index contributed by atoms with van der Waals surface area (Å²) in [5.74, 6) is 0.429. The van der Waals surface area contributed by atoms with Crippen LogP contribution in [0.3, 0.4) is 0 Å². The Balaban J connectivity index is 2.05. The van der Waals surface area contributed by atoms with Crippen LogP contribution >= 0.6 is 11.6 Å². The van der Waals surface area contributed by atoms with Crippen LogP contribution in [0, 0.1) is 0 Å². The first-order chi connectivity index (χ1) is 7.24. The molecule has 2 rings (SSSR count). The van der Waals surface area contributed by atoms with Crippen molar-refractivity contribution >= 4 is 23.5 Å². The van der Waals surface area contributed by atoms with Gasteiger partial charge in [-0.05, 0) is 17.7 Å². The molecular weight excluding hydrogens is 218 g/mol. The van der Waals surface area contributed by atoms with Gasteiger partial charge in [0.2, 0.25) is 17.2 Å². The number of aromatic nitrogens is 3. The highest BCUT2D eigenvalue weighted by molar-refractivity contribution is 6.28. The standard InChI is InChI=1S/C8H8ClN5O/c9-6-12-7(10)14-8(13-6)11-3-5-1-2-15-4-5/h1-2,4H,3H2,(H3,10,11,12,13,14). The van der Waals surface area contributed by atoms with Gasteiger partial charge < -0.3 is 15.5 Å². The van der Waals surface area contributed by atoms with Gasteiger partial charge in [0.15, 0.2) is 0 Å². The number of nitrogens with two attached hydrogens (primary N) is 1. The molecule has 7 heteroatoms. The minimum atomic E-state index is 0.0668. The zero-order chi connectivity index (χ0) is 10.7. The molecule has 0 bridgehead atoms. The topological polar surface area (TPSA) is 89.9 Å². The Morgan fingerprint density at radius 2 is 2.27 bits per heavy atom. The number of hydrogen-bond donors (Lipinski definition) is 2. The summed E-state index contributed by atoms with van der Waals surface area (Å²) in [4.78, 5) is 11.4. The van der Waals surface area contributed by atoms with Crippen molar-refractivity contribution in [2.45, 2.75) is 6.54 Å². The number of halogens is 1. The number of nitrogens with one attached hydrogen (secondary N) is 1. The summed E-state index contributed by atoms with van der Waals surface area (Å²) in [5.41, 5.74) is 6.38. The second kappa shape index (κ2) is 4.14. The van der Waals surface area contributed by atoms with Crippen LogP contribution in [0.25, 0.3) is 0 Å². The third kappa shape index (κ3) is 2.57. The molecule has 15 heavy (non-hydrogen) atoms. The number of hydrogen-bond acceptors (Lipinski definition) is 6. The minimum Gasteiger partial charge on any atom is -0.472 e. The van der Waals surface area contributed by atoms with E-state index in [1.807, 2.05) is 6.07 Å². The molecule has 0 aliphatic heterocycles. The molecule has 0 spiro atoms. The van der Waals surface area contributed by atoms with Crippen molar-refractivity contribution in [1.29, 1.82) is 0 Å². The zero-order valence-electron chi connectivity index (χ0n) is 7.64. The quantitative estimate of drug-likeness (QED) is 0.819. The van der Waals surface area contributed by atoms with Crippen molar-refractivity contribution < 1.29 is 4.42 Å². The van der Waals surface area contributed by atoms with E-state index in [0.29, 0.717) is 12.5 Å². The average molecular weight is 226 g/mol. The average Bonchev–Trinajstić information content (AvgIpc) is 2.65. The molecule has 0 fully saturated rings. The summed E-state index contributed by atoms with van der Waals surface area (Å²) in [6.07, 6.45) is 3.21. The molecule has 2 aromatic heterocycles. The lowest BCUT2D eigenvalue weighted by atomic mass is 10.3. The molecule has 78 valence electrons. The van der Waals surface area contributed by atoms with Crippen molar-refractivity contribution in [2.75, 3.05) is 11.1 Å². The molecule has 3 N–H and O–H groups in total. The van der Waals surface area contributed by atoms with Gasteiger partial charge >= 0.3 is 0 Å². The van der Waals surface area contributed by atoms with Crippen LogP contribution in [0.5, 0.6) is 0 Å². The fourth-order valence-electron chi connectivity index (χ4n) is 1.02. The Labute approximate surface area is 90.5 Å². The van der Waals surface area contributed by atoms with E-state index in [4.69, 9.17) is 21.8 Å². The van der Waals surface area contributed by atoms with Gasteiger partial charge in [-0.2, -0.15) is 15.0 Å². The van der Waals surface area contributed by atoms with Gasteiger partial charge in [0.25, 0.3) is 0 Å². The minimum absolute atomic E-state index is 0.0668. The molecule has 0 atom stereocenters. The first-order valence-corrected chi connectivity index (χ1v) is 4.54. The van der Waals surface area contributed by atoms with Crippen molar-refractivity contribution in [3.05, 3.63) is 29.4 Å². The molecule has 0 amide bonds. The van der Waals surface area contributed by atoms with Crippen LogP contribution in [-0.4, -0.2) is 15.0 Å². The summed E-state index contributed by atoms with van der Waals surface area (Å²) in [6.45, 7) is 0.538. The van der Waals surface area contributed by atoms with Crippen LogP contribution < -0.4 is 11.1 Å². The van der Waals surface area contributed by atoms with Gasteiger partial charge in [-0.15, -0.1) is 0 Å². The number of furan rings is 1. The molecule has 6 nitrogen and oxygen atoms in total. The van der Waals surface area contributed by atoms with Gasteiger partial charge in [-0.25, -0.2) is 0 Å². The molecule has 2 aromatic rings. The van der Waals surface area contributed by atoms with E-state index in [0.717, 1.165) is 5.56 Å². The normalized spacial score (nSPS) is 10.2. The smallest absolute Gasteiger partial charge is 0.229 e. The molecule has 0 radical (unpaired) electrons. The van der Waals surface area contributed by atoms with E-state index in [2.05, 4.69) is 20.3 Å². The summed E-state index contributed by atoms with van der Waals surface area (Å²) in [7, 11) is 0. The van der Waals surface area contributed by atoms with Crippen molar-refractivity contribution in [3.63, 3.8) is 0 Å². The fraction of sp³-hybridized carbons (Fsp3) is 0.125. The zero-order valence-corrected chi connectivity index (χ0v) is 8.40. The van der Waals surface area contributed by atoms with Crippen molar-refractivity contribution in [2.24, 2.45) is 0 Å². The number of rotatable bonds is 3. The van der Waals surface area contributed by atoms with E-state index in [1.165, 1.54) is 0 Å². The van der Waals surface area contributed by atoms with Gasteiger partial charge in [0.1, 0.15) is 0 Å². The maximum absolute atomic E-state index is 5.61. The van der Waals surface area contributed by atoms with Gasteiger partial charge in [0.05, 0.1) is 12.5 Å². The highest BCUT2D eigenvalue weighted by atomic mass is 35.5.